The van der Waals surface area contributed by atoms with Crippen LogP contribution in [0.2, 0.25) is 0 Å². The molecule has 0 radical (unpaired) electrons. The van der Waals surface area contributed by atoms with Crippen molar-refractivity contribution in [2.45, 2.75) is 20.3 Å². The molecule has 188 valence electrons. The zero-order valence-electron chi connectivity index (χ0n) is 19.2. The van der Waals surface area contributed by atoms with Gasteiger partial charge in [0.2, 0.25) is 9.70 Å². The number of rotatable bonds is 9. The van der Waals surface area contributed by atoms with Gasteiger partial charge < -0.3 is 14.4 Å². The summed E-state index contributed by atoms with van der Waals surface area (Å²) in [6, 6.07) is 30.8. The fraction of sp³-hybridized carbons (Fsp3) is 0.259. The quantitative estimate of drug-likeness (QED) is 0.124. The first kappa shape index (κ1) is 26.7. The van der Waals surface area contributed by atoms with E-state index >= 15 is 0 Å². The van der Waals surface area contributed by atoms with Crippen molar-refractivity contribution in [3.05, 3.63) is 108 Å². The zero-order valence-corrected chi connectivity index (χ0v) is 22.3. The number of ether oxygens (including phenoxy) is 2. The van der Waals surface area contributed by atoms with Gasteiger partial charge in [-0.15, -0.1) is 11.8 Å². The number of β-lactam (4-membered cyclic amide) rings is 1. The summed E-state index contributed by atoms with van der Waals surface area (Å²) in [6.07, 6.45) is -0.568. The average molecular weight is 565 g/mol. The molecule has 0 aromatic heterocycles. The minimum absolute atomic E-state index is 0.00570. The fourth-order valence-corrected chi connectivity index (χ4v) is 6.10. The van der Waals surface area contributed by atoms with Gasteiger partial charge in [-0.1, -0.05) is 126 Å². The number of amides is 1. The number of carbonyl (C=O) groups excluding carboxylic acids is 2. The number of benzene rings is 3. The van der Waals surface area contributed by atoms with E-state index in [4.69, 9.17) is 44.3 Å². The summed E-state index contributed by atoms with van der Waals surface area (Å²) < 4.78 is 7.59. The van der Waals surface area contributed by atoms with Crippen molar-refractivity contribution < 1.29 is 19.1 Å². The molecule has 5 nitrogen and oxygen atoms in total. The fourth-order valence-electron chi connectivity index (χ4n) is 4.14. The first-order chi connectivity index (χ1) is 17.3. The Morgan fingerprint density at radius 2 is 1.31 bits per heavy atom. The minimum atomic E-state index is -1.72. The molecule has 3 aromatic rings. The van der Waals surface area contributed by atoms with Gasteiger partial charge in [0.1, 0.15) is 13.2 Å². The molecule has 0 saturated carbocycles. The summed E-state index contributed by atoms with van der Waals surface area (Å²) in [5, 5.41) is -0.126. The molecule has 0 aliphatic carbocycles. The Morgan fingerprint density at radius 1 is 0.833 bits per heavy atom. The molecular weight excluding hydrogens is 541 g/mol. The molecule has 1 fully saturated rings. The topological polar surface area (TPSA) is 55.8 Å². The Bertz CT molecular complexity index is 1060. The molecule has 1 aliphatic rings. The molecule has 0 spiro atoms. The third-order valence-electron chi connectivity index (χ3n) is 5.78. The molecule has 0 N–H and O–H groups in total. The van der Waals surface area contributed by atoms with Crippen LogP contribution in [-0.4, -0.2) is 45.9 Å². The van der Waals surface area contributed by atoms with Crippen LogP contribution in [0.25, 0.3) is 0 Å². The number of halogens is 3. The number of nitrogens with zero attached hydrogens (tertiary/aromatic N) is 1. The van der Waals surface area contributed by atoms with Crippen molar-refractivity contribution in [3.8, 4) is 0 Å². The molecule has 1 amide bonds. The Hall–Kier alpha value is -2.38. The number of hydrogen-bond acceptors (Lipinski definition) is 5. The summed E-state index contributed by atoms with van der Waals surface area (Å²) in [5.74, 6) is -0.00570. The highest BCUT2D eigenvalue weighted by molar-refractivity contribution is 8.01. The largest absolute Gasteiger partial charge is 0.508 e. The number of likely N-dealkylation sites (tertiary alicyclic amines) is 1. The van der Waals surface area contributed by atoms with E-state index in [2.05, 4.69) is 36.4 Å². The highest BCUT2D eigenvalue weighted by Gasteiger charge is 2.46. The Morgan fingerprint density at radius 3 is 1.72 bits per heavy atom. The van der Waals surface area contributed by atoms with Gasteiger partial charge in [0.25, 0.3) is 0 Å². The minimum Gasteiger partial charge on any atom is -0.432 e. The van der Waals surface area contributed by atoms with E-state index in [1.807, 2.05) is 54.6 Å². The number of alkyl halides is 3. The summed E-state index contributed by atoms with van der Waals surface area (Å²) in [7, 11) is 0. The first-order valence-electron chi connectivity index (χ1n) is 11.3. The standard InChI is InChI=1S/C27H24Cl3NO4S/c28-26(29,30)19-35-25(33)34-17-16-31-23(32)18-24(31)36-27(20-10-4-1-5-11-20,21-12-6-2-7-13-21)22-14-8-3-9-15-22/h1-15,24H,16-19H2. The molecular formula is C27H24Cl3NO4S. The second-order valence-corrected chi connectivity index (χ2v) is 12.1. The maximum absolute atomic E-state index is 12.6. The smallest absolute Gasteiger partial charge is 0.432 e. The van der Waals surface area contributed by atoms with Gasteiger partial charge in [0, 0.05) is 0 Å². The Kier molecular flexibility index (Phi) is 8.73. The number of thioether (sulfide) groups is 1. The van der Waals surface area contributed by atoms with Crippen molar-refractivity contribution in [2.75, 3.05) is 19.8 Å². The van der Waals surface area contributed by atoms with E-state index < -0.39 is 21.3 Å². The molecule has 9 heteroatoms. The van der Waals surface area contributed by atoms with Gasteiger partial charge in [-0.05, 0) is 16.7 Å². The monoisotopic (exact) mass is 563 g/mol. The molecule has 1 atom stereocenters. The first-order valence-corrected chi connectivity index (χ1v) is 13.3. The van der Waals surface area contributed by atoms with Crippen molar-refractivity contribution in [3.63, 3.8) is 0 Å². The van der Waals surface area contributed by atoms with E-state index in [0.717, 1.165) is 16.7 Å². The summed E-state index contributed by atoms with van der Waals surface area (Å²) in [5.41, 5.74) is 3.33. The third kappa shape index (κ3) is 6.30. The van der Waals surface area contributed by atoms with Crippen molar-refractivity contribution in [1.82, 2.24) is 4.90 Å². The molecule has 1 saturated heterocycles. The van der Waals surface area contributed by atoms with Gasteiger partial charge in [-0.25, -0.2) is 4.79 Å². The van der Waals surface area contributed by atoms with E-state index in [1.54, 1.807) is 16.7 Å². The van der Waals surface area contributed by atoms with Crippen LogP contribution in [0.4, 0.5) is 4.79 Å². The average Bonchev–Trinajstić information content (AvgIpc) is 2.89. The van der Waals surface area contributed by atoms with Crippen LogP contribution in [0, 0.1) is 0 Å². The van der Waals surface area contributed by atoms with Crippen LogP contribution < -0.4 is 0 Å². The predicted octanol–water partition coefficient (Wildman–Crippen LogP) is 6.79. The van der Waals surface area contributed by atoms with Crippen LogP contribution in [0.3, 0.4) is 0 Å². The maximum atomic E-state index is 12.6. The molecule has 36 heavy (non-hydrogen) atoms. The van der Waals surface area contributed by atoms with Crippen LogP contribution >= 0.6 is 46.6 Å². The van der Waals surface area contributed by atoms with Crippen LogP contribution in [-0.2, 0) is 19.0 Å². The lowest BCUT2D eigenvalue weighted by atomic mass is 9.84. The lowest BCUT2D eigenvalue weighted by Crippen LogP contribution is -2.53. The summed E-state index contributed by atoms with van der Waals surface area (Å²) >= 11 is 18.5. The molecule has 1 aliphatic heterocycles. The molecule has 4 rings (SSSR count). The Balaban J connectivity index is 1.57. The van der Waals surface area contributed by atoms with Gasteiger partial charge in [0.15, 0.2) is 0 Å². The highest BCUT2D eigenvalue weighted by Crippen LogP contribution is 2.52. The van der Waals surface area contributed by atoms with Gasteiger partial charge in [-0.3, -0.25) is 4.79 Å². The summed E-state index contributed by atoms with van der Waals surface area (Å²) in [4.78, 5) is 26.1. The lowest BCUT2D eigenvalue weighted by molar-refractivity contribution is -0.142. The number of carbonyl (C=O) groups is 2. The highest BCUT2D eigenvalue weighted by atomic mass is 35.6. The van der Waals surface area contributed by atoms with Gasteiger partial charge >= 0.3 is 6.16 Å². The van der Waals surface area contributed by atoms with Crippen molar-refractivity contribution >= 4 is 58.6 Å². The van der Waals surface area contributed by atoms with Gasteiger partial charge in [0.05, 0.1) is 23.1 Å². The number of hydrogen-bond donors (Lipinski definition) is 0. The van der Waals surface area contributed by atoms with Gasteiger partial charge in [-0.2, -0.15) is 0 Å². The van der Waals surface area contributed by atoms with E-state index in [1.165, 1.54) is 0 Å². The van der Waals surface area contributed by atoms with Crippen molar-refractivity contribution in [2.24, 2.45) is 0 Å². The van der Waals surface area contributed by atoms with Crippen LogP contribution in [0.5, 0.6) is 0 Å². The predicted molar refractivity (Wildman–Crippen MR) is 145 cm³/mol. The lowest BCUT2D eigenvalue weighted by Gasteiger charge is -2.46. The second kappa shape index (κ2) is 11.8. The van der Waals surface area contributed by atoms with Crippen molar-refractivity contribution in [1.29, 1.82) is 0 Å². The van der Waals surface area contributed by atoms with E-state index in [-0.39, 0.29) is 24.4 Å². The normalized spacial score (nSPS) is 15.8. The Labute approximate surface area is 229 Å². The SMILES string of the molecule is O=C(OCCN1C(=O)CC1SC(c1ccccc1)(c1ccccc1)c1ccccc1)OCC(Cl)(Cl)Cl. The third-order valence-corrected chi connectivity index (χ3v) is 7.86. The van der Waals surface area contributed by atoms with E-state index in [9.17, 15) is 9.59 Å². The molecule has 1 heterocycles. The second-order valence-electron chi connectivity index (χ2n) is 8.15. The maximum Gasteiger partial charge on any atom is 0.508 e. The van der Waals surface area contributed by atoms with Crippen LogP contribution in [0.1, 0.15) is 23.1 Å². The molecule has 1 unspecified atom stereocenters. The zero-order chi connectivity index (χ0) is 25.6. The molecule has 0 bridgehead atoms. The van der Waals surface area contributed by atoms with Crippen LogP contribution in [0.15, 0.2) is 91.0 Å². The van der Waals surface area contributed by atoms with E-state index in [0.29, 0.717) is 6.42 Å². The summed E-state index contributed by atoms with van der Waals surface area (Å²) in [6.45, 7) is -0.227. The molecule has 3 aromatic carbocycles.